The van der Waals surface area contributed by atoms with E-state index in [1.165, 1.54) is 23.3 Å². The van der Waals surface area contributed by atoms with Gasteiger partial charge in [0.15, 0.2) is 0 Å². The van der Waals surface area contributed by atoms with Gasteiger partial charge in [0.1, 0.15) is 6.04 Å². The van der Waals surface area contributed by atoms with Crippen LogP contribution in [0.15, 0.2) is 17.5 Å². The van der Waals surface area contributed by atoms with E-state index in [4.69, 9.17) is 5.73 Å². The molecule has 0 amide bonds. The molecule has 0 aromatic carbocycles. The maximum Gasteiger partial charge on any atom is 0.405 e. The van der Waals surface area contributed by atoms with Gasteiger partial charge in [-0.2, -0.15) is 13.2 Å². The lowest BCUT2D eigenvalue weighted by Gasteiger charge is -2.37. The van der Waals surface area contributed by atoms with Crippen molar-refractivity contribution >= 4 is 11.3 Å². The number of alkyl halides is 3. The standard InChI is InChI=1S/C12H19F3N2S/c1-4-9(16)11(12(13,14)15)17(3)8(2)10-6-5-7-18-10/h5-9,11H,4,16H2,1-3H3. The monoisotopic (exact) mass is 280 g/mol. The lowest BCUT2D eigenvalue weighted by atomic mass is 10.0. The van der Waals surface area contributed by atoms with Gasteiger partial charge in [-0.05, 0) is 31.8 Å². The highest BCUT2D eigenvalue weighted by Crippen LogP contribution is 2.33. The summed E-state index contributed by atoms with van der Waals surface area (Å²) < 4.78 is 39.3. The van der Waals surface area contributed by atoms with Gasteiger partial charge in [0.2, 0.25) is 0 Å². The lowest BCUT2D eigenvalue weighted by molar-refractivity contribution is -0.191. The minimum atomic E-state index is -4.31. The van der Waals surface area contributed by atoms with Crippen LogP contribution in [0.3, 0.4) is 0 Å². The number of hydrogen-bond donors (Lipinski definition) is 1. The van der Waals surface area contributed by atoms with Crippen LogP contribution in [-0.4, -0.2) is 30.2 Å². The predicted octanol–water partition coefficient (Wildman–Crippen LogP) is 3.41. The molecule has 3 unspecified atom stereocenters. The van der Waals surface area contributed by atoms with Gasteiger partial charge in [0.25, 0.3) is 0 Å². The molecule has 0 spiro atoms. The van der Waals surface area contributed by atoms with Crippen molar-refractivity contribution in [1.82, 2.24) is 4.90 Å². The fourth-order valence-electron chi connectivity index (χ4n) is 1.97. The van der Waals surface area contributed by atoms with Crippen molar-refractivity contribution in [3.05, 3.63) is 22.4 Å². The third-order valence-electron chi connectivity index (χ3n) is 3.22. The summed E-state index contributed by atoms with van der Waals surface area (Å²) in [5, 5.41) is 1.86. The van der Waals surface area contributed by atoms with E-state index in [1.54, 1.807) is 13.8 Å². The van der Waals surface area contributed by atoms with Gasteiger partial charge in [0, 0.05) is 17.0 Å². The Morgan fingerprint density at radius 3 is 2.44 bits per heavy atom. The van der Waals surface area contributed by atoms with Crippen LogP contribution >= 0.6 is 11.3 Å². The van der Waals surface area contributed by atoms with Crippen LogP contribution in [0, 0.1) is 0 Å². The molecule has 6 heteroatoms. The molecule has 0 aliphatic carbocycles. The van der Waals surface area contributed by atoms with Crippen molar-refractivity contribution in [3.8, 4) is 0 Å². The molecule has 0 aliphatic heterocycles. The van der Waals surface area contributed by atoms with Gasteiger partial charge in [-0.15, -0.1) is 11.3 Å². The van der Waals surface area contributed by atoms with E-state index in [0.29, 0.717) is 6.42 Å². The SMILES string of the molecule is CCC(N)C(N(C)C(C)c1cccs1)C(F)(F)F. The number of halogens is 3. The summed E-state index contributed by atoms with van der Waals surface area (Å²) >= 11 is 1.46. The molecule has 1 aromatic rings. The highest BCUT2D eigenvalue weighted by molar-refractivity contribution is 7.10. The zero-order valence-corrected chi connectivity index (χ0v) is 11.6. The van der Waals surface area contributed by atoms with E-state index in [0.717, 1.165) is 4.88 Å². The second-order valence-electron chi connectivity index (χ2n) is 4.42. The fourth-order valence-corrected chi connectivity index (χ4v) is 2.80. The van der Waals surface area contributed by atoms with Crippen molar-refractivity contribution in [2.24, 2.45) is 5.73 Å². The normalized spacial score (nSPS) is 17.8. The summed E-state index contributed by atoms with van der Waals surface area (Å²) in [4.78, 5) is 2.23. The van der Waals surface area contributed by atoms with Crippen LogP contribution in [0.4, 0.5) is 13.2 Å². The van der Waals surface area contributed by atoms with E-state index in [9.17, 15) is 13.2 Å². The molecule has 0 aliphatic rings. The molecule has 0 fully saturated rings. The Hall–Kier alpha value is -0.590. The van der Waals surface area contributed by atoms with E-state index in [-0.39, 0.29) is 6.04 Å². The quantitative estimate of drug-likeness (QED) is 0.895. The van der Waals surface area contributed by atoms with Crippen LogP contribution in [-0.2, 0) is 0 Å². The minimum Gasteiger partial charge on any atom is -0.326 e. The first-order valence-corrected chi connectivity index (χ1v) is 6.74. The van der Waals surface area contributed by atoms with E-state index >= 15 is 0 Å². The fraction of sp³-hybridized carbons (Fsp3) is 0.667. The molecule has 1 aromatic heterocycles. The first-order valence-electron chi connectivity index (χ1n) is 5.86. The molecule has 1 heterocycles. The maximum absolute atomic E-state index is 13.1. The summed E-state index contributed by atoms with van der Waals surface area (Å²) in [5.41, 5.74) is 5.64. The Balaban J connectivity index is 2.92. The number of thiophene rings is 1. The average molecular weight is 280 g/mol. The Morgan fingerprint density at radius 1 is 1.44 bits per heavy atom. The second kappa shape index (κ2) is 6.04. The smallest absolute Gasteiger partial charge is 0.326 e. The van der Waals surface area contributed by atoms with Crippen molar-refractivity contribution < 1.29 is 13.2 Å². The molecule has 2 nitrogen and oxygen atoms in total. The Kier molecular flexibility index (Phi) is 5.19. The summed E-state index contributed by atoms with van der Waals surface area (Å²) in [7, 11) is 1.48. The van der Waals surface area contributed by atoms with Gasteiger partial charge < -0.3 is 5.73 Å². The Labute approximate surface area is 110 Å². The van der Waals surface area contributed by atoms with Crippen LogP contribution in [0.1, 0.15) is 31.2 Å². The summed E-state index contributed by atoms with van der Waals surface area (Å²) in [6.07, 6.45) is -4.01. The summed E-state index contributed by atoms with van der Waals surface area (Å²) in [6, 6.07) is 0.870. The minimum absolute atomic E-state index is 0.297. The molecule has 1 rings (SSSR count). The first-order chi connectivity index (χ1) is 8.29. The zero-order chi connectivity index (χ0) is 13.9. The predicted molar refractivity (Wildman–Crippen MR) is 68.6 cm³/mol. The highest BCUT2D eigenvalue weighted by atomic mass is 32.1. The molecule has 3 atom stereocenters. The largest absolute Gasteiger partial charge is 0.405 e. The second-order valence-corrected chi connectivity index (χ2v) is 5.39. The van der Waals surface area contributed by atoms with Gasteiger partial charge in [-0.25, -0.2) is 0 Å². The summed E-state index contributed by atoms with van der Waals surface area (Å²) in [6.45, 7) is 3.44. The molecule has 18 heavy (non-hydrogen) atoms. The average Bonchev–Trinajstić information content (AvgIpc) is 2.79. The Bertz CT molecular complexity index is 351. The van der Waals surface area contributed by atoms with Crippen molar-refractivity contribution in [2.45, 2.75) is 44.6 Å². The molecule has 0 saturated heterocycles. The number of likely N-dealkylation sites (N-methyl/N-ethyl adjacent to an activating group) is 1. The summed E-state index contributed by atoms with van der Waals surface area (Å²) in [5.74, 6) is 0. The number of nitrogens with zero attached hydrogens (tertiary/aromatic N) is 1. The van der Waals surface area contributed by atoms with Crippen LogP contribution in [0.5, 0.6) is 0 Å². The van der Waals surface area contributed by atoms with E-state index < -0.39 is 18.3 Å². The molecular weight excluding hydrogens is 261 g/mol. The zero-order valence-electron chi connectivity index (χ0n) is 10.7. The van der Waals surface area contributed by atoms with E-state index in [2.05, 4.69) is 0 Å². The van der Waals surface area contributed by atoms with Crippen molar-refractivity contribution in [1.29, 1.82) is 0 Å². The molecule has 0 radical (unpaired) electrons. The van der Waals surface area contributed by atoms with Gasteiger partial charge in [-0.1, -0.05) is 13.0 Å². The van der Waals surface area contributed by atoms with Gasteiger partial charge in [-0.3, -0.25) is 4.90 Å². The third-order valence-corrected chi connectivity index (χ3v) is 4.26. The van der Waals surface area contributed by atoms with Crippen molar-refractivity contribution in [2.75, 3.05) is 7.05 Å². The van der Waals surface area contributed by atoms with Gasteiger partial charge in [0.05, 0.1) is 0 Å². The van der Waals surface area contributed by atoms with Crippen LogP contribution in [0.25, 0.3) is 0 Å². The molecule has 0 bridgehead atoms. The number of rotatable bonds is 5. The first kappa shape index (κ1) is 15.5. The lowest BCUT2D eigenvalue weighted by Crippen LogP contribution is -2.55. The highest BCUT2D eigenvalue weighted by Gasteiger charge is 2.46. The van der Waals surface area contributed by atoms with Crippen molar-refractivity contribution in [3.63, 3.8) is 0 Å². The van der Waals surface area contributed by atoms with Crippen LogP contribution in [0.2, 0.25) is 0 Å². The molecule has 104 valence electrons. The maximum atomic E-state index is 13.1. The third kappa shape index (κ3) is 3.46. The van der Waals surface area contributed by atoms with E-state index in [1.807, 2.05) is 17.5 Å². The molecule has 0 saturated carbocycles. The number of nitrogens with two attached hydrogens (primary N) is 1. The molecular formula is C12H19F3N2S. The molecule has 2 N–H and O–H groups in total. The number of hydrogen-bond acceptors (Lipinski definition) is 3. The van der Waals surface area contributed by atoms with Gasteiger partial charge >= 0.3 is 6.18 Å². The Morgan fingerprint density at radius 2 is 2.06 bits per heavy atom. The van der Waals surface area contributed by atoms with Crippen LogP contribution < -0.4 is 5.73 Å². The topological polar surface area (TPSA) is 29.3 Å².